The van der Waals surface area contributed by atoms with E-state index in [0.717, 1.165) is 39.1 Å². The molecule has 0 aromatic rings. The molecule has 0 aromatic heterocycles. The van der Waals surface area contributed by atoms with Gasteiger partial charge in [-0.2, -0.15) is 0 Å². The van der Waals surface area contributed by atoms with Crippen molar-refractivity contribution in [2.75, 3.05) is 40.0 Å². The number of likely N-dealkylation sites (N-methyl/N-ethyl adjacent to an activating group) is 1. The van der Waals surface area contributed by atoms with E-state index in [2.05, 4.69) is 25.7 Å². The topological polar surface area (TPSA) is 47.7 Å². The van der Waals surface area contributed by atoms with Crippen LogP contribution in [0, 0.1) is 0 Å². The zero-order chi connectivity index (χ0) is 12.9. The smallest absolute Gasteiger partial charge is 0.0644 e. The summed E-state index contributed by atoms with van der Waals surface area (Å²) in [5.74, 6) is 0. The highest BCUT2D eigenvalue weighted by atomic mass is 16.5. The fraction of sp³-hybridized carbons (Fsp3) is 1.00. The van der Waals surface area contributed by atoms with Gasteiger partial charge in [0.05, 0.1) is 12.2 Å². The molecule has 1 saturated heterocycles. The van der Waals surface area contributed by atoms with E-state index < -0.39 is 0 Å². The second-order valence-electron chi connectivity index (χ2n) is 5.54. The second kappa shape index (κ2) is 6.14. The van der Waals surface area contributed by atoms with Crippen LogP contribution in [-0.4, -0.2) is 56.0 Å². The molecule has 1 aliphatic heterocycles. The van der Waals surface area contributed by atoms with Crippen molar-refractivity contribution in [3.05, 3.63) is 0 Å². The van der Waals surface area contributed by atoms with Crippen LogP contribution in [0.1, 0.15) is 33.6 Å². The number of hydrogen-bond donors (Lipinski definition) is 1. The standard InChI is InChI=1S/C13H28N2O2/c1-5-15(7-9-16-4)13(11-14)6-8-17-12(2,3)10-13/h5-11,14H2,1-4H3. The third kappa shape index (κ3) is 3.65. The van der Waals surface area contributed by atoms with Crippen LogP contribution in [0.2, 0.25) is 0 Å². The molecule has 4 heteroatoms. The molecule has 4 nitrogen and oxygen atoms in total. The number of methoxy groups -OCH3 is 1. The first kappa shape index (κ1) is 14.9. The molecule has 0 radical (unpaired) electrons. The van der Waals surface area contributed by atoms with E-state index >= 15 is 0 Å². The molecular weight excluding hydrogens is 216 g/mol. The van der Waals surface area contributed by atoms with Crippen molar-refractivity contribution < 1.29 is 9.47 Å². The lowest BCUT2D eigenvalue weighted by Crippen LogP contribution is -2.61. The van der Waals surface area contributed by atoms with Gasteiger partial charge in [0.25, 0.3) is 0 Å². The Morgan fingerprint density at radius 3 is 2.59 bits per heavy atom. The van der Waals surface area contributed by atoms with Crippen LogP contribution in [0.15, 0.2) is 0 Å². The molecule has 1 fully saturated rings. The summed E-state index contributed by atoms with van der Waals surface area (Å²) in [6, 6.07) is 0. The molecule has 2 N–H and O–H groups in total. The molecule has 1 rings (SSSR count). The zero-order valence-corrected chi connectivity index (χ0v) is 11.8. The van der Waals surface area contributed by atoms with Gasteiger partial charge >= 0.3 is 0 Å². The Kier molecular flexibility index (Phi) is 5.38. The van der Waals surface area contributed by atoms with E-state index in [1.54, 1.807) is 7.11 Å². The molecule has 1 heterocycles. The summed E-state index contributed by atoms with van der Waals surface area (Å²) in [7, 11) is 1.75. The van der Waals surface area contributed by atoms with Crippen LogP contribution in [0.3, 0.4) is 0 Å². The van der Waals surface area contributed by atoms with E-state index in [4.69, 9.17) is 15.2 Å². The number of nitrogens with zero attached hydrogens (tertiary/aromatic N) is 1. The van der Waals surface area contributed by atoms with Gasteiger partial charge in [0.1, 0.15) is 0 Å². The van der Waals surface area contributed by atoms with E-state index in [0.29, 0.717) is 6.54 Å². The molecule has 0 saturated carbocycles. The third-order valence-electron chi connectivity index (χ3n) is 3.81. The van der Waals surface area contributed by atoms with Crippen LogP contribution in [-0.2, 0) is 9.47 Å². The minimum Gasteiger partial charge on any atom is -0.383 e. The van der Waals surface area contributed by atoms with Gasteiger partial charge in [-0.05, 0) is 33.2 Å². The van der Waals surface area contributed by atoms with Crippen molar-refractivity contribution in [3.8, 4) is 0 Å². The molecule has 1 atom stereocenters. The average Bonchev–Trinajstić information content (AvgIpc) is 2.28. The highest BCUT2D eigenvalue weighted by Gasteiger charge is 2.43. The average molecular weight is 244 g/mol. The molecule has 0 bridgehead atoms. The van der Waals surface area contributed by atoms with Crippen LogP contribution in [0.4, 0.5) is 0 Å². The molecule has 17 heavy (non-hydrogen) atoms. The van der Waals surface area contributed by atoms with Crippen molar-refractivity contribution in [2.45, 2.75) is 44.8 Å². The lowest BCUT2D eigenvalue weighted by molar-refractivity contribution is -0.119. The van der Waals surface area contributed by atoms with Crippen molar-refractivity contribution in [3.63, 3.8) is 0 Å². The summed E-state index contributed by atoms with van der Waals surface area (Å²) in [5, 5.41) is 0. The summed E-state index contributed by atoms with van der Waals surface area (Å²) in [6.07, 6.45) is 2.01. The molecule has 0 amide bonds. The van der Waals surface area contributed by atoms with Crippen LogP contribution in [0.25, 0.3) is 0 Å². The van der Waals surface area contributed by atoms with Crippen molar-refractivity contribution >= 4 is 0 Å². The fourth-order valence-electron chi connectivity index (χ4n) is 2.95. The first-order valence-corrected chi connectivity index (χ1v) is 6.58. The van der Waals surface area contributed by atoms with Crippen LogP contribution < -0.4 is 5.73 Å². The maximum absolute atomic E-state index is 6.07. The Hall–Kier alpha value is -0.160. The summed E-state index contributed by atoms with van der Waals surface area (Å²) < 4.78 is 11.0. The van der Waals surface area contributed by atoms with Gasteiger partial charge < -0.3 is 15.2 Å². The maximum atomic E-state index is 6.07. The highest BCUT2D eigenvalue weighted by Crippen LogP contribution is 2.35. The lowest BCUT2D eigenvalue weighted by Gasteiger charge is -2.50. The van der Waals surface area contributed by atoms with Crippen molar-refractivity contribution in [1.29, 1.82) is 0 Å². The van der Waals surface area contributed by atoms with E-state index in [9.17, 15) is 0 Å². The number of rotatable bonds is 6. The predicted octanol–water partition coefficient (Wildman–Crippen LogP) is 1.24. The van der Waals surface area contributed by atoms with E-state index in [-0.39, 0.29) is 11.1 Å². The van der Waals surface area contributed by atoms with Gasteiger partial charge in [-0.15, -0.1) is 0 Å². The molecule has 1 unspecified atom stereocenters. The monoisotopic (exact) mass is 244 g/mol. The second-order valence-corrected chi connectivity index (χ2v) is 5.54. The summed E-state index contributed by atoms with van der Waals surface area (Å²) in [5.41, 5.74) is 6.08. The minimum atomic E-state index is -0.0713. The normalized spacial score (nSPS) is 28.6. The Morgan fingerprint density at radius 2 is 2.12 bits per heavy atom. The van der Waals surface area contributed by atoms with Gasteiger partial charge in [-0.1, -0.05) is 6.92 Å². The Morgan fingerprint density at radius 1 is 1.41 bits per heavy atom. The van der Waals surface area contributed by atoms with Gasteiger partial charge in [0.15, 0.2) is 0 Å². The Bertz CT molecular complexity index is 233. The molecule has 102 valence electrons. The predicted molar refractivity (Wildman–Crippen MR) is 70.2 cm³/mol. The van der Waals surface area contributed by atoms with E-state index in [1.807, 2.05) is 0 Å². The van der Waals surface area contributed by atoms with Gasteiger partial charge in [-0.3, -0.25) is 4.90 Å². The van der Waals surface area contributed by atoms with Gasteiger partial charge in [-0.25, -0.2) is 0 Å². The highest BCUT2D eigenvalue weighted by molar-refractivity contribution is 4.99. The Balaban J connectivity index is 2.77. The number of nitrogens with two attached hydrogens (primary N) is 1. The third-order valence-corrected chi connectivity index (χ3v) is 3.81. The Labute approximate surface area is 105 Å². The minimum absolute atomic E-state index is 0.0713. The molecule has 0 aromatic carbocycles. The summed E-state index contributed by atoms with van der Waals surface area (Å²) in [4.78, 5) is 2.46. The first-order valence-electron chi connectivity index (χ1n) is 6.58. The van der Waals surface area contributed by atoms with Crippen molar-refractivity contribution in [2.24, 2.45) is 5.73 Å². The maximum Gasteiger partial charge on any atom is 0.0644 e. The molecular formula is C13H28N2O2. The number of hydrogen-bond acceptors (Lipinski definition) is 4. The van der Waals surface area contributed by atoms with Crippen LogP contribution >= 0.6 is 0 Å². The molecule has 0 spiro atoms. The van der Waals surface area contributed by atoms with Gasteiger partial charge in [0, 0.05) is 32.3 Å². The quantitative estimate of drug-likeness (QED) is 0.764. The van der Waals surface area contributed by atoms with E-state index in [1.165, 1.54) is 0 Å². The molecule has 1 aliphatic rings. The SMILES string of the molecule is CCN(CCOC)C1(CN)CCOC(C)(C)C1. The fourth-order valence-corrected chi connectivity index (χ4v) is 2.95. The van der Waals surface area contributed by atoms with Crippen molar-refractivity contribution in [1.82, 2.24) is 4.90 Å². The first-order chi connectivity index (χ1) is 7.99. The van der Waals surface area contributed by atoms with Crippen LogP contribution in [0.5, 0.6) is 0 Å². The number of ether oxygens (including phenoxy) is 2. The van der Waals surface area contributed by atoms with Gasteiger partial charge in [0.2, 0.25) is 0 Å². The molecule has 0 aliphatic carbocycles. The summed E-state index contributed by atoms with van der Waals surface area (Å²) in [6.45, 7) is 10.7. The largest absolute Gasteiger partial charge is 0.383 e. The summed E-state index contributed by atoms with van der Waals surface area (Å²) >= 11 is 0. The lowest BCUT2D eigenvalue weighted by atomic mass is 9.79. The zero-order valence-electron chi connectivity index (χ0n) is 11.8.